The van der Waals surface area contributed by atoms with E-state index < -0.39 is 15.1 Å². The lowest BCUT2D eigenvalue weighted by atomic mass is 10.1. The van der Waals surface area contributed by atoms with Crippen LogP contribution in [0.3, 0.4) is 0 Å². The summed E-state index contributed by atoms with van der Waals surface area (Å²) in [4.78, 5) is 11.0. The zero-order chi connectivity index (χ0) is 11.5. The Bertz CT molecular complexity index is 434. The molecule has 1 aromatic rings. The number of hydrogen-bond donors (Lipinski definition) is 0. The summed E-state index contributed by atoms with van der Waals surface area (Å²) >= 11 is 0. The Morgan fingerprint density at radius 2 is 1.80 bits per heavy atom. The minimum Gasteiger partial charge on any atom is -0.300 e. The SMILES string of the molecule is CC(=O)CC(c1ccccc1)S(C)(=O)=O. The number of carbonyl (C=O) groups is 1. The zero-order valence-electron chi connectivity index (χ0n) is 8.80. The van der Waals surface area contributed by atoms with Crippen LogP contribution in [0.4, 0.5) is 0 Å². The zero-order valence-corrected chi connectivity index (χ0v) is 9.62. The summed E-state index contributed by atoms with van der Waals surface area (Å²) in [6.07, 6.45) is 1.20. The Labute approximate surface area is 90.0 Å². The molecule has 15 heavy (non-hydrogen) atoms. The molecule has 0 saturated carbocycles. The average Bonchev–Trinajstić information content (AvgIpc) is 2.14. The lowest BCUT2D eigenvalue weighted by Gasteiger charge is -2.13. The summed E-state index contributed by atoms with van der Waals surface area (Å²) < 4.78 is 23.0. The van der Waals surface area contributed by atoms with Crippen molar-refractivity contribution < 1.29 is 13.2 Å². The van der Waals surface area contributed by atoms with E-state index in [1.807, 2.05) is 6.07 Å². The third kappa shape index (κ3) is 3.47. The maximum absolute atomic E-state index is 11.5. The van der Waals surface area contributed by atoms with E-state index in [-0.39, 0.29) is 12.2 Å². The van der Waals surface area contributed by atoms with Crippen molar-refractivity contribution in [3.8, 4) is 0 Å². The Morgan fingerprint density at radius 3 is 2.20 bits per heavy atom. The van der Waals surface area contributed by atoms with E-state index in [9.17, 15) is 13.2 Å². The summed E-state index contributed by atoms with van der Waals surface area (Å²) in [6.45, 7) is 1.40. The van der Waals surface area contributed by atoms with Crippen LogP contribution in [0.15, 0.2) is 30.3 Å². The van der Waals surface area contributed by atoms with E-state index in [1.54, 1.807) is 24.3 Å². The molecule has 0 heterocycles. The van der Waals surface area contributed by atoms with Crippen LogP contribution < -0.4 is 0 Å². The van der Waals surface area contributed by atoms with Crippen LogP contribution in [0.5, 0.6) is 0 Å². The fraction of sp³-hybridized carbons (Fsp3) is 0.364. The highest BCUT2D eigenvalue weighted by molar-refractivity contribution is 7.90. The standard InChI is InChI=1S/C11H14O3S/c1-9(12)8-11(15(2,13)14)10-6-4-3-5-7-10/h3-7,11H,8H2,1-2H3. The molecule has 0 fully saturated rings. The van der Waals surface area contributed by atoms with Crippen LogP contribution in [0.25, 0.3) is 0 Å². The van der Waals surface area contributed by atoms with Gasteiger partial charge in [0.2, 0.25) is 0 Å². The highest BCUT2D eigenvalue weighted by Gasteiger charge is 2.23. The first-order valence-electron chi connectivity index (χ1n) is 4.64. The third-order valence-electron chi connectivity index (χ3n) is 2.16. The maximum atomic E-state index is 11.5. The van der Waals surface area contributed by atoms with Gasteiger partial charge in [0.15, 0.2) is 9.84 Å². The number of ketones is 1. The first kappa shape index (κ1) is 11.9. The summed E-state index contributed by atoms with van der Waals surface area (Å²) in [6, 6.07) is 8.82. The second kappa shape index (κ2) is 4.57. The van der Waals surface area contributed by atoms with Gasteiger partial charge in [0, 0.05) is 12.7 Å². The third-order valence-corrected chi connectivity index (χ3v) is 3.63. The quantitative estimate of drug-likeness (QED) is 0.786. The molecule has 0 aromatic heterocycles. The Hall–Kier alpha value is -1.16. The molecule has 0 spiro atoms. The topological polar surface area (TPSA) is 51.2 Å². The van der Waals surface area contributed by atoms with Gasteiger partial charge in [-0.3, -0.25) is 4.79 Å². The molecule has 1 rings (SSSR count). The number of carbonyl (C=O) groups excluding carboxylic acids is 1. The van der Waals surface area contributed by atoms with E-state index >= 15 is 0 Å². The largest absolute Gasteiger partial charge is 0.300 e. The molecule has 0 saturated heterocycles. The van der Waals surface area contributed by atoms with Gasteiger partial charge in [0.25, 0.3) is 0 Å². The fourth-order valence-corrected chi connectivity index (χ4v) is 2.63. The fourth-order valence-electron chi connectivity index (χ4n) is 1.45. The Balaban J connectivity index is 3.08. The lowest BCUT2D eigenvalue weighted by Crippen LogP contribution is -2.14. The van der Waals surface area contributed by atoms with Crippen molar-refractivity contribution in [1.82, 2.24) is 0 Å². The van der Waals surface area contributed by atoms with E-state index in [1.165, 1.54) is 6.92 Å². The van der Waals surface area contributed by atoms with Gasteiger partial charge >= 0.3 is 0 Å². The van der Waals surface area contributed by atoms with Crippen molar-refractivity contribution in [3.63, 3.8) is 0 Å². The van der Waals surface area contributed by atoms with E-state index in [4.69, 9.17) is 0 Å². The molecule has 0 radical (unpaired) electrons. The second-order valence-electron chi connectivity index (χ2n) is 3.63. The molecule has 0 N–H and O–H groups in total. The van der Waals surface area contributed by atoms with Crippen molar-refractivity contribution in [1.29, 1.82) is 0 Å². The summed E-state index contributed by atoms with van der Waals surface area (Å²) in [5.74, 6) is -0.116. The number of hydrogen-bond acceptors (Lipinski definition) is 3. The molecule has 0 bridgehead atoms. The summed E-state index contributed by atoms with van der Waals surface area (Å²) in [7, 11) is -3.23. The molecule has 1 aromatic carbocycles. The van der Waals surface area contributed by atoms with Gasteiger partial charge < -0.3 is 0 Å². The number of Topliss-reactive ketones (excluding diaryl/α,β-unsaturated/α-hetero) is 1. The number of sulfone groups is 1. The highest BCUT2D eigenvalue weighted by Crippen LogP contribution is 2.25. The maximum Gasteiger partial charge on any atom is 0.154 e. The average molecular weight is 226 g/mol. The van der Waals surface area contributed by atoms with E-state index in [2.05, 4.69) is 0 Å². The van der Waals surface area contributed by atoms with Crippen molar-refractivity contribution >= 4 is 15.6 Å². The van der Waals surface area contributed by atoms with Gasteiger partial charge in [0.05, 0.1) is 5.25 Å². The molecule has 0 aliphatic rings. The van der Waals surface area contributed by atoms with Crippen LogP contribution >= 0.6 is 0 Å². The first-order valence-corrected chi connectivity index (χ1v) is 6.60. The van der Waals surface area contributed by atoms with Crippen LogP contribution in [-0.2, 0) is 14.6 Å². The predicted octanol–water partition coefficient (Wildman–Crippen LogP) is 1.75. The molecule has 4 heteroatoms. The minimum atomic E-state index is -3.23. The molecule has 82 valence electrons. The smallest absolute Gasteiger partial charge is 0.154 e. The first-order chi connectivity index (χ1) is 6.91. The molecular formula is C11H14O3S. The van der Waals surface area contributed by atoms with E-state index in [0.29, 0.717) is 5.56 Å². The van der Waals surface area contributed by atoms with E-state index in [0.717, 1.165) is 6.26 Å². The summed E-state index contributed by atoms with van der Waals surface area (Å²) in [5, 5.41) is -0.712. The number of benzene rings is 1. The molecule has 0 amide bonds. The predicted molar refractivity (Wildman–Crippen MR) is 59.3 cm³/mol. The second-order valence-corrected chi connectivity index (χ2v) is 5.86. The molecule has 0 aliphatic carbocycles. The van der Waals surface area contributed by atoms with Gasteiger partial charge in [-0.05, 0) is 12.5 Å². The van der Waals surface area contributed by atoms with Gasteiger partial charge in [0.1, 0.15) is 5.78 Å². The Morgan fingerprint density at radius 1 is 1.27 bits per heavy atom. The van der Waals surface area contributed by atoms with Crippen molar-refractivity contribution in [2.45, 2.75) is 18.6 Å². The highest BCUT2D eigenvalue weighted by atomic mass is 32.2. The minimum absolute atomic E-state index is 0.0445. The van der Waals surface area contributed by atoms with Crippen LogP contribution in [0.1, 0.15) is 24.2 Å². The molecular weight excluding hydrogens is 212 g/mol. The van der Waals surface area contributed by atoms with Crippen LogP contribution in [0.2, 0.25) is 0 Å². The molecule has 0 aliphatic heterocycles. The van der Waals surface area contributed by atoms with Gasteiger partial charge in [-0.2, -0.15) is 0 Å². The van der Waals surface area contributed by atoms with Crippen molar-refractivity contribution in [2.24, 2.45) is 0 Å². The van der Waals surface area contributed by atoms with Gasteiger partial charge in [-0.15, -0.1) is 0 Å². The van der Waals surface area contributed by atoms with Crippen molar-refractivity contribution in [3.05, 3.63) is 35.9 Å². The van der Waals surface area contributed by atoms with Gasteiger partial charge in [-0.1, -0.05) is 30.3 Å². The molecule has 3 nitrogen and oxygen atoms in total. The molecule has 1 atom stereocenters. The lowest BCUT2D eigenvalue weighted by molar-refractivity contribution is -0.117. The van der Waals surface area contributed by atoms with Gasteiger partial charge in [-0.25, -0.2) is 8.42 Å². The monoisotopic (exact) mass is 226 g/mol. The van der Waals surface area contributed by atoms with Crippen molar-refractivity contribution in [2.75, 3.05) is 6.26 Å². The van der Waals surface area contributed by atoms with Crippen LogP contribution in [-0.4, -0.2) is 20.5 Å². The normalized spacial score (nSPS) is 13.5. The molecule has 1 unspecified atom stereocenters. The Kier molecular flexibility index (Phi) is 3.63. The number of rotatable bonds is 4. The van der Waals surface area contributed by atoms with Crippen LogP contribution in [0, 0.1) is 0 Å². The summed E-state index contributed by atoms with van der Waals surface area (Å²) in [5.41, 5.74) is 0.676.